The molecule has 0 aromatic carbocycles. The van der Waals surface area contributed by atoms with Crippen molar-refractivity contribution in [1.29, 1.82) is 0 Å². The van der Waals surface area contributed by atoms with Crippen molar-refractivity contribution in [3.63, 3.8) is 0 Å². The first-order valence-electron chi connectivity index (χ1n) is 4.95. The topological polar surface area (TPSA) is 83.5 Å². The average Bonchev–Trinajstić information content (AvgIpc) is 2.94. The highest BCUT2D eigenvalue weighted by atomic mass is 79.9. The van der Waals surface area contributed by atoms with E-state index >= 15 is 0 Å². The molecule has 0 atom stereocenters. The van der Waals surface area contributed by atoms with Crippen LogP contribution in [0.3, 0.4) is 0 Å². The van der Waals surface area contributed by atoms with Crippen molar-refractivity contribution in [2.75, 3.05) is 0 Å². The molecule has 0 aliphatic carbocycles. The summed E-state index contributed by atoms with van der Waals surface area (Å²) in [5.74, 6) is -1.24. The lowest BCUT2D eigenvalue weighted by atomic mass is 10.5. The smallest absolute Gasteiger partial charge is 0.347 e. The van der Waals surface area contributed by atoms with Crippen molar-refractivity contribution >= 4 is 54.6 Å². The van der Waals surface area contributed by atoms with Gasteiger partial charge < -0.3 is 5.11 Å². The van der Waals surface area contributed by atoms with E-state index in [0.29, 0.717) is 0 Å². The predicted molar refractivity (Wildman–Crippen MR) is 77.3 cm³/mol. The molecule has 2 aromatic rings. The average molecular weight is 382 g/mol. The summed E-state index contributed by atoms with van der Waals surface area (Å²) in [6, 6.07) is 4.91. The van der Waals surface area contributed by atoms with Crippen molar-refractivity contribution < 1.29 is 18.3 Å². The maximum absolute atomic E-state index is 12.0. The first-order chi connectivity index (χ1) is 8.90. The maximum Gasteiger partial charge on any atom is 0.347 e. The van der Waals surface area contributed by atoms with E-state index in [2.05, 4.69) is 20.7 Å². The Morgan fingerprint density at radius 2 is 2.11 bits per heavy atom. The summed E-state index contributed by atoms with van der Waals surface area (Å²) in [6.45, 7) is 0.132. The molecule has 0 radical (unpaired) electrons. The summed E-state index contributed by atoms with van der Waals surface area (Å²) in [4.78, 5) is 11.4. The second-order valence-corrected chi connectivity index (χ2v) is 8.65. The number of aromatic carboxylic acids is 1. The van der Waals surface area contributed by atoms with E-state index in [9.17, 15) is 13.2 Å². The molecule has 0 aliphatic heterocycles. The lowest BCUT2D eigenvalue weighted by Gasteiger charge is -2.04. The molecule has 0 fully saturated rings. The van der Waals surface area contributed by atoms with Crippen LogP contribution in [0.2, 0.25) is 0 Å². The number of hydrogen-bond donors (Lipinski definition) is 2. The molecule has 2 aromatic heterocycles. The second kappa shape index (κ2) is 5.71. The van der Waals surface area contributed by atoms with Crippen LogP contribution in [0.4, 0.5) is 0 Å². The molecule has 5 nitrogen and oxygen atoms in total. The third kappa shape index (κ3) is 3.42. The van der Waals surface area contributed by atoms with Gasteiger partial charge in [-0.15, -0.1) is 22.7 Å². The van der Waals surface area contributed by atoms with Crippen LogP contribution < -0.4 is 4.72 Å². The summed E-state index contributed by atoms with van der Waals surface area (Å²) in [5.41, 5.74) is 0. The Labute approximate surface area is 126 Å². The van der Waals surface area contributed by atoms with Gasteiger partial charge in [0.05, 0.1) is 3.79 Å². The number of rotatable bonds is 5. The third-order valence-electron chi connectivity index (χ3n) is 2.18. The van der Waals surface area contributed by atoms with Crippen molar-refractivity contribution in [3.05, 3.63) is 37.1 Å². The van der Waals surface area contributed by atoms with Gasteiger partial charge in [-0.1, -0.05) is 0 Å². The first kappa shape index (κ1) is 14.7. The number of carboxylic acids is 1. The summed E-state index contributed by atoms with van der Waals surface area (Å²) in [7, 11) is -3.81. The molecule has 0 amide bonds. The van der Waals surface area contributed by atoms with Crippen LogP contribution in [-0.2, 0) is 16.6 Å². The molecule has 0 spiro atoms. The maximum atomic E-state index is 12.0. The van der Waals surface area contributed by atoms with Crippen LogP contribution in [0.25, 0.3) is 0 Å². The Hall–Kier alpha value is -0.740. The Balaban J connectivity index is 2.18. The highest BCUT2D eigenvalue weighted by molar-refractivity contribution is 9.11. The fraction of sp³-hybridized carbons (Fsp3) is 0.100. The van der Waals surface area contributed by atoms with Crippen molar-refractivity contribution in [2.45, 2.75) is 11.4 Å². The van der Waals surface area contributed by atoms with Crippen LogP contribution in [0.1, 0.15) is 14.5 Å². The van der Waals surface area contributed by atoms with Crippen molar-refractivity contribution in [2.24, 2.45) is 0 Å². The van der Waals surface area contributed by atoms with E-state index in [1.807, 2.05) is 6.07 Å². The zero-order valence-electron chi connectivity index (χ0n) is 9.29. The fourth-order valence-electron chi connectivity index (χ4n) is 1.36. The van der Waals surface area contributed by atoms with Crippen LogP contribution >= 0.6 is 38.6 Å². The predicted octanol–water partition coefficient (Wildman–Crippen LogP) is 2.75. The summed E-state index contributed by atoms with van der Waals surface area (Å²) < 4.78 is 27.3. The van der Waals surface area contributed by atoms with Crippen LogP contribution in [-0.4, -0.2) is 19.5 Å². The third-order valence-corrected chi connectivity index (χ3v) is 6.28. The SMILES string of the molecule is O=C(O)c1sccc1S(=O)(=O)NCc1ccc(Br)s1. The molecular formula is C10H8BrNO4S3. The van der Waals surface area contributed by atoms with Gasteiger partial charge >= 0.3 is 5.97 Å². The fourth-order valence-corrected chi connectivity index (χ4v) is 5.13. The zero-order valence-corrected chi connectivity index (χ0v) is 13.3. The Morgan fingerprint density at radius 3 is 2.68 bits per heavy atom. The molecule has 0 aliphatic rings. The van der Waals surface area contributed by atoms with E-state index in [1.165, 1.54) is 22.8 Å². The van der Waals surface area contributed by atoms with Gasteiger partial charge in [-0.05, 0) is 39.5 Å². The minimum absolute atomic E-state index is 0.132. The quantitative estimate of drug-likeness (QED) is 0.833. The number of carboxylic acid groups (broad SMARTS) is 1. The van der Waals surface area contributed by atoms with Crippen LogP contribution in [0.15, 0.2) is 32.3 Å². The van der Waals surface area contributed by atoms with Gasteiger partial charge in [0.15, 0.2) is 0 Å². The monoisotopic (exact) mass is 381 g/mol. The van der Waals surface area contributed by atoms with Crippen LogP contribution in [0.5, 0.6) is 0 Å². The molecule has 2 N–H and O–H groups in total. The van der Waals surface area contributed by atoms with Crippen LogP contribution in [0, 0.1) is 0 Å². The molecule has 0 saturated heterocycles. The molecule has 102 valence electrons. The highest BCUT2D eigenvalue weighted by Crippen LogP contribution is 2.24. The Kier molecular flexibility index (Phi) is 4.41. The number of halogens is 1. The largest absolute Gasteiger partial charge is 0.477 e. The molecular weight excluding hydrogens is 374 g/mol. The minimum atomic E-state index is -3.81. The van der Waals surface area contributed by atoms with Crippen molar-refractivity contribution in [1.82, 2.24) is 4.72 Å². The molecule has 0 saturated carbocycles. The highest BCUT2D eigenvalue weighted by Gasteiger charge is 2.23. The summed E-state index contributed by atoms with van der Waals surface area (Å²) >= 11 is 5.59. The lowest BCUT2D eigenvalue weighted by Crippen LogP contribution is -2.23. The number of thiophene rings is 2. The Morgan fingerprint density at radius 1 is 1.37 bits per heavy atom. The molecule has 19 heavy (non-hydrogen) atoms. The van der Waals surface area contributed by atoms with Gasteiger partial charge in [-0.3, -0.25) is 0 Å². The number of sulfonamides is 1. The summed E-state index contributed by atoms with van der Waals surface area (Å²) in [6.07, 6.45) is 0. The standard InChI is InChI=1S/C10H8BrNO4S3/c11-8-2-1-6(18-8)5-12-19(15,16)7-3-4-17-9(7)10(13)14/h1-4,12H,5H2,(H,13,14). The molecule has 0 bridgehead atoms. The normalized spacial score (nSPS) is 11.6. The second-order valence-electron chi connectivity index (χ2n) is 3.45. The van der Waals surface area contributed by atoms with E-state index in [0.717, 1.165) is 20.0 Å². The Bertz CT molecular complexity index is 704. The van der Waals surface area contributed by atoms with E-state index in [-0.39, 0.29) is 16.3 Å². The van der Waals surface area contributed by atoms with E-state index in [4.69, 9.17) is 5.11 Å². The van der Waals surface area contributed by atoms with Gasteiger partial charge in [-0.2, -0.15) is 0 Å². The molecule has 2 rings (SSSR count). The number of nitrogens with one attached hydrogen (secondary N) is 1. The van der Waals surface area contributed by atoms with Crippen molar-refractivity contribution in [3.8, 4) is 0 Å². The number of carbonyl (C=O) groups is 1. The van der Waals surface area contributed by atoms with Gasteiger partial charge in [0, 0.05) is 11.4 Å². The van der Waals surface area contributed by atoms with Gasteiger partial charge in [0.25, 0.3) is 0 Å². The molecule has 2 heterocycles. The van der Waals surface area contributed by atoms with E-state index in [1.54, 1.807) is 6.07 Å². The van der Waals surface area contributed by atoms with Gasteiger partial charge in [-0.25, -0.2) is 17.9 Å². The molecule has 0 unspecified atom stereocenters. The van der Waals surface area contributed by atoms with E-state index < -0.39 is 16.0 Å². The minimum Gasteiger partial charge on any atom is -0.477 e. The van der Waals surface area contributed by atoms with Gasteiger partial charge in [0.1, 0.15) is 9.77 Å². The lowest BCUT2D eigenvalue weighted by molar-refractivity contribution is 0.0698. The number of hydrogen-bond acceptors (Lipinski definition) is 5. The molecule has 9 heteroatoms. The first-order valence-corrected chi connectivity index (χ1v) is 8.92. The summed E-state index contributed by atoms with van der Waals surface area (Å²) in [5, 5.41) is 10.4. The van der Waals surface area contributed by atoms with Gasteiger partial charge in [0.2, 0.25) is 10.0 Å². The zero-order chi connectivity index (χ0) is 14.0.